The highest BCUT2D eigenvalue weighted by molar-refractivity contribution is 5.77. The summed E-state index contributed by atoms with van der Waals surface area (Å²) < 4.78 is 0. The van der Waals surface area contributed by atoms with Gasteiger partial charge in [0.15, 0.2) is 0 Å². The fourth-order valence-electron chi connectivity index (χ4n) is 6.79. The summed E-state index contributed by atoms with van der Waals surface area (Å²) in [6, 6.07) is 0.129. The van der Waals surface area contributed by atoms with E-state index in [0.717, 1.165) is 57.9 Å². The van der Waals surface area contributed by atoms with Crippen molar-refractivity contribution in [2.45, 2.75) is 89.2 Å². The van der Waals surface area contributed by atoms with Gasteiger partial charge in [0.1, 0.15) is 0 Å². The van der Waals surface area contributed by atoms with Crippen molar-refractivity contribution >= 4 is 11.8 Å². The molecule has 0 aromatic carbocycles. The van der Waals surface area contributed by atoms with Crippen LogP contribution in [-0.2, 0) is 9.59 Å². The second-order valence-corrected chi connectivity index (χ2v) is 9.78. The first kappa shape index (κ1) is 18.3. The Kier molecular flexibility index (Phi) is 4.79. The molecule has 0 spiro atoms. The maximum Gasteiger partial charge on any atom is 0.222 e. The lowest BCUT2D eigenvalue weighted by molar-refractivity contribution is -0.173. The number of aliphatic hydroxyl groups is 1. The van der Waals surface area contributed by atoms with Crippen molar-refractivity contribution in [2.24, 2.45) is 17.3 Å². The summed E-state index contributed by atoms with van der Waals surface area (Å²) in [7, 11) is 0. The van der Waals surface area contributed by atoms with Gasteiger partial charge in [-0.25, -0.2) is 0 Å². The van der Waals surface area contributed by atoms with Gasteiger partial charge >= 0.3 is 0 Å². The molecule has 26 heavy (non-hydrogen) atoms. The van der Waals surface area contributed by atoms with Crippen LogP contribution in [0.25, 0.3) is 0 Å². The molecule has 0 aromatic heterocycles. The van der Waals surface area contributed by atoms with Crippen LogP contribution in [0.1, 0.15) is 77.6 Å². The molecule has 146 valence electrons. The van der Waals surface area contributed by atoms with Gasteiger partial charge in [-0.15, -0.1) is 0 Å². The molecule has 5 nitrogen and oxygen atoms in total. The Balaban J connectivity index is 1.27. The number of piperidine rings is 1. The zero-order valence-electron chi connectivity index (χ0n) is 16.1. The van der Waals surface area contributed by atoms with Crippen LogP contribution in [0.5, 0.6) is 0 Å². The molecule has 0 radical (unpaired) electrons. The molecule has 3 atom stereocenters. The summed E-state index contributed by atoms with van der Waals surface area (Å²) >= 11 is 0. The molecule has 2 amide bonds. The van der Waals surface area contributed by atoms with Crippen molar-refractivity contribution in [3.05, 3.63) is 0 Å². The van der Waals surface area contributed by atoms with Gasteiger partial charge < -0.3 is 15.3 Å². The summed E-state index contributed by atoms with van der Waals surface area (Å²) in [6.45, 7) is 3.69. The van der Waals surface area contributed by atoms with Crippen LogP contribution >= 0.6 is 0 Å². The number of amides is 2. The van der Waals surface area contributed by atoms with Crippen molar-refractivity contribution in [1.82, 2.24) is 10.2 Å². The predicted molar refractivity (Wildman–Crippen MR) is 99.3 cm³/mol. The van der Waals surface area contributed by atoms with Gasteiger partial charge in [0, 0.05) is 32.0 Å². The van der Waals surface area contributed by atoms with Gasteiger partial charge in [-0.1, -0.05) is 0 Å². The van der Waals surface area contributed by atoms with Gasteiger partial charge in [0.2, 0.25) is 11.8 Å². The van der Waals surface area contributed by atoms with E-state index in [4.69, 9.17) is 0 Å². The molecule has 5 fully saturated rings. The van der Waals surface area contributed by atoms with E-state index in [2.05, 4.69) is 12.2 Å². The molecule has 4 saturated carbocycles. The topological polar surface area (TPSA) is 69.6 Å². The molecule has 1 aliphatic heterocycles. The van der Waals surface area contributed by atoms with Crippen molar-refractivity contribution in [2.75, 3.05) is 13.1 Å². The lowest BCUT2D eigenvalue weighted by Crippen LogP contribution is -2.61. The minimum Gasteiger partial charge on any atom is -0.390 e. The Morgan fingerprint density at radius 2 is 2.00 bits per heavy atom. The van der Waals surface area contributed by atoms with Gasteiger partial charge in [0.05, 0.1) is 5.60 Å². The second-order valence-electron chi connectivity index (χ2n) is 9.78. The van der Waals surface area contributed by atoms with E-state index >= 15 is 0 Å². The first-order chi connectivity index (χ1) is 12.4. The number of hydrogen-bond donors (Lipinski definition) is 2. The molecule has 1 heterocycles. The Morgan fingerprint density at radius 3 is 2.65 bits per heavy atom. The largest absolute Gasteiger partial charge is 0.390 e. The van der Waals surface area contributed by atoms with E-state index in [9.17, 15) is 14.7 Å². The van der Waals surface area contributed by atoms with Gasteiger partial charge in [-0.05, 0) is 82.0 Å². The van der Waals surface area contributed by atoms with Crippen LogP contribution < -0.4 is 5.32 Å². The van der Waals surface area contributed by atoms with Crippen LogP contribution in [-0.4, -0.2) is 46.6 Å². The van der Waals surface area contributed by atoms with E-state index in [1.807, 2.05) is 4.90 Å². The lowest BCUT2D eigenvalue weighted by atomic mass is 9.46. The summed E-state index contributed by atoms with van der Waals surface area (Å²) in [5.74, 6) is 1.63. The summed E-state index contributed by atoms with van der Waals surface area (Å²) in [5, 5.41) is 14.2. The number of carbonyl (C=O) groups excluding carboxylic acids is 2. The standard InChI is InChI=1S/C21H34N2O3/c1-15(20-10-16-9-17(11-20)13-21(26,12-16)14-20)22-18(24)5-4-8-23-7-3-2-6-19(23)25/h15-17,26H,2-14H2,1H3,(H,22,24)/t15-,16+,17+,20?,21?/m0/s1. The molecule has 5 aliphatic rings. The fraction of sp³-hybridized carbons (Fsp3) is 0.905. The van der Waals surface area contributed by atoms with E-state index in [1.165, 1.54) is 6.42 Å². The molecule has 1 saturated heterocycles. The average Bonchev–Trinajstić information content (AvgIpc) is 2.54. The number of likely N-dealkylation sites (tertiary alicyclic amines) is 1. The first-order valence-electron chi connectivity index (χ1n) is 10.7. The van der Waals surface area contributed by atoms with E-state index < -0.39 is 5.60 Å². The maximum atomic E-state index is 12.5. The molecule has 5 heteroatoms. The third-order valence-electron chi connectivity index (χ3n) is 7.62. The Morgan fingerprint density at radius 1 is 1.27 bits per heavy atom. The van der Waals surface area contributed by atoms with Gasteiger partial charge in [-0.3, -0.25) is 9.59 Å². The number of hydrogen-bond acceptors (Lipinski definition) is 3. The average molecular weight is 363 g/mol. The minimum absolute atomic E-state index is 0.0946. The molecule has 4 bridgehead atoms. The van der Waals surface area contributed by atoms with Crippen LogP contribution in [0.3, 0.4) is 0 Å². The maximum absolute atomic E-state index is 12.5. The molecule has 0 unspecified atom stereocenters. The third-order valence-corrected chi connectivity index (χ3v) is 7.62. The predicted octanol–water partition coefficient (Wildman–Crippen LogP) is 2.62. The summed E-state index contributed by atoms with van der Waals surface area (Å²) in [5.41, 5.74) is -0.380. The van der Waals surface area contributed by atoms with Gasteiger partial charge in [0.25, 0.3) is 0 Å². The zero-order chi connectivity index (χ0) is 18.4. The molecule has 4 aliphatic carbocycles. The minimum atomic E-state index is -0.475. The molecular weight excluding hydrogens is 328 g/mol. The molecule has 2 N–H and O–H groups in total. The van der Waals surface area contributed by atoms with Crippen molar-refractivity contribution in [3.8, 4) is 0 Å². The van der Waals surface area contributed by atoms with Crippen molar-refractivity contribution in [1.29, 1.82) is 0 Å². The highest BCUT2D eigenvalue weighted by atomic mass is 16.3. The van der Waals surface area contributed by atoms with Crippen LogP contribution in [0.4, 0.5) is 0 Å². The Labute approximate surface area is 156 Å². The van der Waals surface area contributed by atoms with Crippen molar-refractivity contribution in [3.63, 3.8) is 0 Å². The highest BCUT2D eigenvalue weighted by Crippen LogP contribution is 2.62. The summed E-state index contributed by atoms with van der Waals surface area (Å²) in [6.07, 6.45) is 10.4. The SMILES string of the molecule is C[C@H](NC(=O)CCCN1CCCCC1=O)C12C[C@H]3C[C@@H](CC(O)(C3)C1)C2. The smallest absolute Gasteiger partial charge is 0.222 e. The van der Waals surface area contributed by atoms with Crippen LogP contribution in [0.2, 0.25) is 0 Å². The Bertz CT molecular complexity index is 562. The normalized spacial score (nSPS) is 39.9. The second kappa shape index (κ2) is 6.81. The van der Waals surface area contributed by atoms with E-state index in [-0.39, 0.29) is 23.3 Å². The number of nitrogens with one attached hydrogen (secondary N) is 1. The number of carbonyl (C=O) groups is 2. The zero-order valence-corrected chi connectivity index (χ0v) is 16.1. The van der Waals surface area contributed by atoms with Crippen molar-refractivity contribution < 1.29 is 14.7 Å². The Hall–Kier alpha value is -1.10. The molecule has 0 aromatic rings. The fourth-order valence-corrected chi connectivity index (χ4v) is 6.79. The molecular formula is C21H34N2O3. The highest BCUT2D eigenvalue weighted by Gasteiger charge is 2.58. The van der Waals surface area contributed by atoms with Gasteiger partial charge in [-0.2, -0.15) is 0 Å². The third kappa shape index (κ3) is 3.51. The lowest BCUT2D eigenvalue weighted by Gasteiger charge is -2.62. The monoisotopic (exact) mass is 362 g/mol. The molecule has 5 rings (SSSR count). The van der Waals surface area contributed by atoms with E-state index in [0.29, 0.717) is 31.2 Å². The number of nitrogens with zero attached hydrogens (tertiary/aromatic N) is 1. The van der Waals surface area contributed by atoms with Crippen LogP contribution in [0.15, 0.2) is 0 Å². The first-order valence-corrected chi connectivity index (χ1v) is 10.7. The summed E-state index contributed by atoms with van der Waals surface area (Å²) in [4.78, 5) is 26.2. The quantitative estimate of drug-likeness (QED) is 0.763. The number of rotatable bonds is 6. The van der Waals surface area contributed by atoms with Crippen LogP contribution in [0, 0.1) is 17.3 Å². The van der Waals surface area contributed by atoms with E-state index in [1.54, 1.807) is 0 Å².